The Morgan fingerprint density at radius 3 is 1.68 bits per heavy atom. The van der Waals surface area contributed by atoms with E-state index in [1.807, 2.05) is 42.5 Å². The van der Waals surface area contributed by atoms with Gasteiger partial charge in [-0.25, -0.2) is 0 Å². The summed E-state index contributed by atoms with van der Waals surface area (Å²) in [5.41, 5.74) is 22.8. The van der Waals surface area contributed by atoms with Crippen molar-refractivity contribution in [1.82, 2.24) is 0 Å². The summed E-state index contributed by atoms with van der Waals surface area (Å²) in [6, 6.07) is 59.1. The Morgan fingerprint density at radius 1 is 0.554 bits per heavy atom. The average molecular weight is 724 g/mol. The maximum atomic E-state index is 6.48. The van der Waals surface area contributed by atoms with Gasteiger partial charge in [0.25, 0.3) is 0 Å². The smallest absolute Gasteiger partial charge is 0.142 e. The highest BCUT2D eigenvalue weighted by atomic mass is 16.5. The molecule has 0 aromatic heterocycles. The van der Waals surface area contributed by atoms with Gasteiger partial charge < -0.3 is 16.2 Å². The third-order valence-electron chi connectivity index (χ3n) is 10.7. The minimum atomic E-state index is 0.531. The van der Waals surface area contributed by atoms with E-state index in [4.69, 9.17) is 16.2 Å². The molecular formula is C52H41N3O. The largest absolute Gasteiger partial charge is 0.460 e. The molecule has 0 saturated heterocycles. The number of hydrogen-bond acceptors (Lipinski definition) is 3. The normalized spacial score (nSPS) is 13.4. The standard InChI is InChI=1S/C26H22N2.C26H19NO/c27-26(25-17-15-24(16-18-25)22-9-5-2-6-10-22)28-19-20-11-13-23(14-12-20)21-7-3-1-4-8-21;27-15-16-6-5-7-17-14-24(16)23-13-12-22-20-10-2-1-8-18(20)19-9-3-4-11-21(19)25(22)26(23)28-17/h1-18H,19H2,(H2,27,28);1-13H,14-15,27H2. The predicted octanol–water partition coefficient (Wildman–Crippen LogP) is 12.0. The van der Waals surface area contributed by atoms with E-state index in [9.17, 15) is 0 Å². The van der Waals surface area contributed by atoms with Gasteiger partial charge in [0.15, 0.2) is 0 Å². The van der Waals surface area contributed by atoms with Crippen molar-refractivity contribution >= 4 is 43.7 Å². The number of nitrogens with two attached hydrogens (primary N) is 2. The average Bonchev–Trinajstić information content (AvgIpc) is 3.44. The zero-order valence-electron chi connectivity index (χ0n) is 31.0. The summed E-state index contributed by atoms with van der Waals surface area (Å²) in [6.45, 7) is 1.10. The molecule has 270 valence electrons. The highest BCUT2D eigenvalue weighted by molar-refractivity contribution is 6.27. The molecule has 8 aromatic rings. The van der Waals surface area contributed by atoms with Crippen LogP contribution in [0.2, 0.25) is 0 Å². The van der Waals surface area contributed by atoms with Gasteiger partial charge in [0.2, 0.25) is 0 Å². The van der Waals surface area contributed by atoms with Crippen LogP contribution in [0, 0.1) is 0 Å². The highest BCUT2D eigenvalue weighted by Crippen LogP contribution is 2.48. The second kappa shape index (κ2) is 15.4. The Morgan fingerprint density at radius 2 is 1.07 bits per heavy atom. The molecule has 4 nitrogen and oxygen atoms in total. The van der Waals surface area contributed by atoms with E-state index in [1.54, 1.807) is 0 Å². The molecule has 4 heteroatoms. The highest BCUT2D eigenvalue weighted by Gasteiger charge is 2.26. The molecule has 1 aliphatic carbocycles. The molecule has 1 heterocycles. The maximum Gasteiger partial charge on any atom is 0.142 e. The Bertz CT molecular complexity index is 2800. The summed E-state index contributed by atoms with van der Waals surface area (Å²) >= 11 is 0. The van der Waals surface area contributed by atoms with Crippen molar-refractivity contribution in [2.24, 2.45) is 16.5 Å². The Hall–Kier alpha value is -7.01. The summed E-state index contributed by atoms with van der Waals surface area (Å²) < 4.78 is 6.48. The fourth-order valence-electron chi connectivity index (χ4n) is 7.85. The van der Waals surface area contributed by atoms with Crippen molar-refractivity contribution < 1.29 is 4.74 Å². The molecule has 0 radical (unpaired) electrons. The topological polar surface area (TPSA) is 73.6 Å². The number of fused-ring (bicyclic) bond motifs is 11. The summed E-state index contributed by atoms with van der Waals surface area (Å²) in [5.74, 6) is 2.50. The summed E-state index contributed by atoms with van der Waals surface area (Å²) in [5, 5.41) is 7.45. The number of ether oxygens (including phenoxy) is 1. The van der Waals surface area contributed by atoms with Crippen LogP contribution in [0.1, 0.15) is 23.1 Å². The molecule has 0 amide bonds. The number of hydrogen-bond donors (Lipinski definition) is 2. The van der Waals surface area contributed by atoms with Crippen molar-refractivity contribution in [3.8, 4) is 28.0 Å². The molecule has 10 rings (SSSR count). The van der Waals surface area contributed by atoms with Gasteiger partial charge in [0.1, 0.15) is 17.3 Å². The summed E-state index contributed by atoms with van der Waals surface area (Å²) in [6.07, 6.45) is 7.02. The predicted molar refractivity (Wildman–Crippen MR) is 236 cm³/mol. The van der Waals surface area contributed by atoms with Crippen molar-refractivity contribution in [2.45, 2.75) is 13.0 Å². The molecule has 0 atom stereocenters. The lowest BCUT2D eigenvalue weighted by Gasteiger charge is -2.26. The summed E-state index contributed by atoms with van der Waals surface area (Å²) in [4.78, 5) is 4.56. The van der Waals surface area contributed by atoms with Crippen LogP contribution in [0.3, 0.4) is 0 Å². The lowest BCUT2D eigenvalue weighted by Crippen LogP contribution is -2.13. The van der Waals surface area contributed by atoms with Gasteiger partial charge in [0, 0.05) is 29.5 Å². The second-order valence-electron chi connectivity index (χ2n) is 14.1. The first kappa shape index (κ1) is 34.7. The van der Waals surface area contributed by atoms with Gasteiger partial charge in [-0.3, -0.25) is 4.99 Å². The lowest BCUT2D eigenvalue weighted by atomic mass is 9.88. The number of benzene rings is 8. The number of nitrogens with zero attached hydrogens (tertiary/aromatic N) is 1. The van der Waals surface area contributed by atoms with E-state index < -0.39 is 0 Å². The fourth-order valence-corrected chi connectivity index (χ4v) is 7.85. The van der Waals surface area contributed by atoms with Crippen molar-refractivity contribution in [3.05, 3.63) is 216 Å². The first-order valence-electron chi connectivity index (χ1n) is 19.1. The van der Waals surface area contributed by atoms with E-state index in [2.05, 4.69) is 151 Å². The molecule has 0 spiro atoms. The molecule has 2 aliphatic rings. The number of rotatable bonds is 6. The number of allylic oxidation sites excluding steroid dienone is 3. The van der Waals surface area contributed by atoms with Crippen molar-refractivity contribution in [2.75, 3.05) is 6.54 Å². The van der Waals surface area contributed by atoms with E-state index in [1.165, 1.54) is 65.7 Å². The fraction of sp³-hybridized carbons (Fsp3) is 0.0577. The van der Waals surface area contributed by atoms with Crippen LogP contribution in [-0.2, 0) is 6.54 Å². The zero-order valence-corrected chi connectivity index (χ0v) is 31.0. The Balaban J connectivity index is 0.000000146. The first-order chi connectivity index (χ1) is 27.6. The minimum absolute atomic E-state index is 0.531. The molecule has 0 fully saturated rings. The van der Waals surface area contributed by atoms with Crippen LogP contribution in [0.4, 0.5) is 0 Å². The monoisotopic (exact) mass is 723 g/mol. The van der Waals surface area contributed by atoms with Crippen LogP contribution in [0.15, 0.2) is 204 Å². The van der Waals surface area contributed by atoms with Crippen LogP contribution in [0.5, 0.6) is 5.75 Å². The third kappa shape index (κ3) is 6.79. The quantitative estimate of drug-likeness (QED) is 0.102. The Kier molecular flexibility index (Phi) is 9.54. The van der Waals surface area contributed by atoms with Crippen molar-refractivity contribution in [1.29, 1.82) is 0 Å². The van der Waals surface area contributed by atoms with Crippen LogP contribution >= 0.6 is 0 Å². The SMILES string of the molecule is NC(=NCc1ccc(-c2ccccc2)cc1)c1ccc(-c2ccccc2)cc1.NCC1=C2CC(=CC=C1)Oc1c2ccc2c3ccccc3c3ccccc3c12. The van der Waals surface area contributed by atoms with Crippen LogP contribution in [-0.4, -0.2) is 12.4 Å². The van der Waals surface area contributed by atoms with Gasteiger partial charge >= 0.3 is 0 Å². The molecule has 0 unspecified atom stereocenters. The van der Waals surface area contributed by atoms with E-state index in [-0.39, 0.29) is 0 Å². The molecule has 1 aliphatic heterocycles. The zero-order chi connectivity index (χ0) is 37.8. The molecule has 8 aromatic carbocycles. The van der Waals surface area contributed by atoms with Crippen LogP contribution in [0.25, 0.3) is 60.1 Å². The van der Waals surface area contributed by atoms with E-state index in [0.29, 0.717) is 18.9 Å². The first-order valence-corrected chi connectivity index (χ1v) is 19.1. The minimum Gasteiger partial charge on any atom is -0.460 e. The second-order valence-corrected chi connectivity index (χ2v) is 14.1. The van der Waals surface area contributed by atoms with Gasteiger partial charge in [-0.1, -0.05) is 182 Å². The maximum absolute atomic E-state index is 6.48. The van der Waals surface area contributed by atoms with Gasteiger partial charge in [-0.2, -0.15) is 0 Å². The molecule has 0 saturated carbocycles. The molecule has 4 N–H and O–H groups in total. The molecular weight excluding hydrogens is 683 g/mol. The Labute approximate surface area is 327 Å². The van der Waals surface area contributed by atoms with Gasteiger partial charge in [-0.05, 0) is 72.0 Å². The van der Waals surface area contributed by atoms with Gasteiger partial charge in [0.05, 0.1) is 6.54 Å². The van der Waals surface area contributed by atoms with E-state index >= 15 is 0 Å². The van der Waals surface area contributed by atoms with Gasteiger partial charge in [-0.15, -0.1) is 0 Å². The molecule has 2 bridgehead atoms. The summed E-state index contributed by atoms with van der Waals surface area (Å²) in [7, 11) is 0. The van der Waals surface area contributed by atoms with Crippen LogP contribution < -0.4 is 16.2 Å². The molecule has 56 heavy (non-hydrogen) atoms. The number of amidine groups is 1. The lowest BCUT2D eigenvalue weighted by molar-refractivity contribution is 0.412. The van der Waals surface area contributed by atoms with Crippen molar-refractivity contribution in [3.63, 3.8) is 0 Å². The number of aliphatic imine (C=N–C) groups is 1. The third-order valence-corrected chi connectivity index (χ3v) is 10.7. The van der Waals surface area contributed by atoms with E-state index in [0.717, 1.165) is 34.6 Å².